The van der Waals surface area contributed by atoms with Gasteiger partial charge in [-0.15, -0.1) is 0 Å². The second-order valence-electron chi connectivity index (χ2n) is 6.12. The number of carboxylic acids is 1. The van der Waals surface area contributed by atoms with E-state index in [4.69, 9.17) is 9.84 Å². The van der Waals surface area contributed by atoms with Gasteiger partial charge in [0.2, 0.25) is 5.91 Å². The Labute approximate surface area is 131 Å². The van der Waals surface area contributed by atoms with E-state index >= 15 is 0 Å². The normalized spacial score (nSPS) is 12.5. The van der Waals surface area contributed by atoms with Crippen LogP contribution in [0.3, 0.4) is 0 Å². The Morgan fingerprint density at radius 3 is 2.50 bits per heavy atom. The SMILES string of the molecule is CC(CCOc1ccccc1)C(=O)NC(C)(C)CCC(=O)O. The van der Waals surface area contributed by atoms with Gasteiger partial charge in [-0.2, -0.15) is 0 Å². The van der Waals surface area contributed by atoms with Crippen LogP contribution in [0, 0.1) is 5.92 Å². The Hall–Kier alpha value is -2.04. The summed E-state index contributed by atoms with van der Waals surface area (Å²) < 4.78 is 5.58. The summed E-state index contributed by atoms with van der Waals surface area (Å²) in [4.78, 5) is 22.7. The highest BCUT2D eigenvalue weighted by molar-refractivity contribution is 5.79. The second kappa shape index (κ2) is 8.41. The van der Waals surface area contributed by atoms with Crippen molar-refractivity contribution < 1.29 is 19.4 Å². The zero-order valence-electron chi connectivity index (χ0n) is 13.5. The number of carbonyl (C=O) groups is 2. The topological polar surface area (TPSA) is 75.6 Å². The van der Waals surface area contributed by atoms with Crippen LogP contribution in [0.5, 0.6) is 5.75 Å². The fourth-order valence-corrected chi connectivity index (χ4v) is 1.94. The lowest BCUT2D eigenvalue weighted by Gasteiger charge is -2.27. The van der Waals surface area contributed by atoms with E-state index in [1.807, 2.05) is 51.1 Å². The van der Waals surface area contributed by atoms with E-state index < -0.39 is 11.5 Å². The summed E-state index contributed by atoms with van der Waals surface area (Å²) in [5.74, 6) is -0.330. The third-order valence-corrected chi connectivity index (χ3v) is 3.44. The molecule has 5 heteroatoms. The fourth-order valence-electron chi connectivity index (χ4n) is 1.94. The van der Waals surface area contributed by atoms with Crippen LogP contribution in [0.2, 0.25) is 0 Å². The number of rotatable bonds is 9. The van der Waals surface area contributed by atoms with Gasteiger partial charge in [0.05, 0.1) is 6.61 Å². The van der Waals surface area contributed by atoms with E-state index in [9.17, 15) is 9.59 Å². The molecule has 1 amide bonds. The van der Waals surface area contributed by atoms with Gasteiger partial charge in [-0.1, -0.05) is 25.1 Å². The fraction of sp³-hybridized carbons (Fsp3) is 0.529. The van der Waals surface area contributed by atoms with Gasteiger partial charge in [-0.05, 0) is 38.8 Å². The number of carboxylic acid groups (broad SMARTS) is 1. The minimum absolute atomic E-state index is 0.0405. The van der Waals surface area contributed by atoms with Gasteiger partial charge in [0.15, 0.2) is 0 Å². The molecule has 0 saturated carbocycles. The molecule has 122 valence electrons. The number of amides is 1. The first-order valence-corrected chi connectivity index (χ1v) is 7.52. The molecule has 0 heterocycles. The lowest BCUT2D eigenvalue weighted by Crippen LogP contribution is -2.46. The van der Waals surface area contributed by atoms with Crippen molar-refractivity contribution in [3.8, 4) is 5.75 Å². The lowest BCUT2D eigenvalue weighted by molar-refractivity contribution is -0.138. The monoisotopic (exact) mass is 307 g/mol. The van der Waals surface area contributed by atoms with Crippen LogP contribution in [0.1, 0.15) is 40.0 Å². The van der Waals surface area contributed by atoms with E-state index in [0.717, 1.165) is 5.75 Å². The summed E-state index contributed by atoms with van der Waals surface area (Å²) in [6, 6.07) is 9.47. The zero-order chi connectivity index (χ0) is 16.6. The third kappa shape index (κ3) is 7.11. The van der Waals surface area contributed by atoms with E-state index in [-0.39, 0.29) is 18.2 Å². The maximum atomic E-state index is 12.1. The molecule has 0 aliphatic heterocycles. The van der Waals surface area contributed by atoms with Crippen molar-refractivity contribution in [2.75, 3.05) is 6.61 Å². The number of ether oxygens (including phenoxy) is 1. The van der Waals surface area contributed by atoms with E-state index in [1.165, 1.54) is 0 Å². The molecule has 0 saturated heterocycles. The van der Waals surface area contributed by atoms with Crippen LogP contribution >= 0.6 is 0 Å². The number of hydrogen-bond donors (Lipinski definition) is 2. The van der Waals surface area contributed by atoms with E-state index in [0.29, 0.717) is 19.4 Å². The van der Waals surface area contributed by atoms with Gasteiger partial charge < -0.3 is 15.2 Å². The van der Waals surface area contributed by atoms with Crippen LogP contribution in [-0.2, 0) is 9.59 Å². The van der Waals surface area contributed by atoms with Crippen LogP contribution in [-0.4, -0.2) is 29.1 Å². The summed E-state index contributed by atoms with van der Waals surface area (Å²) in [6.07, 6.45) is 1.05. The van der Waals surface area contributed by atoms with E-state index in [1.54, 1.807) is 0 Å². The number of nitrogens with one attached hydrogen (secondary N) is 1. The summed E-state index contributed by atoms with van der Waals surface area (Å²) >= 11 is 0. The van der Waals surface area contributed by atoms with Gasteiger partial charge in [0, 0.05) is 17.9 Å². The molecule has 0 fully saturated rings. The highest BCUT2D eigenvalue weighted by atomic mass is 16.5. The molecule has 0 spiro atoms. The number of benzene rings is 1. The molecule has 1 aromatic carbocycles. The Morgan fingerprint density at radius 1 is 1.27 bits per heavy atom. The van der Waals surface area contributed by atoms with Gasteiger partial charge in [-0.3, -0.25) is 9.59 Å². The predicted molar refractivity (Wildman–Crippen MR) is 84.8 cm³/mol. The number of carbonyl (C=O) groups excluding carboxylic acids is 1. The van der Waals surface area contributed by atoms with Gasteiger partial charge in [0.25, 0.3) is 0 Å². The molecule has 1 atom stereocenters. The third-order valence-electron chi connectivity index (χ3n) is 3.44. The lowest BCUT2D eigenvalue weighted by atomic mass is 9.96. The standard InChI is InChI=1S/C17H25NO4/c1-13(10-12-22-14-7-5-4-6-8-14)16(21)18-17(2,3)11-9-15(19)20/h4-8,13H,9-12H2,1-3H3,(H,18,21)(H,19,20). The quantitative estimate of drug-likeness (QED) is 0.735. The zero-order valence-corrected chi connectivity index (χ0v) is 13.5. The molecular weight excluding hydrogens is 282 g/mol. The molecule has 22 heavy (non-hydrogen) atoms. The van der Waals surface area contributed by atoms with Crippen LogP contribution < -0.4 is 10.1 Å². The first kappa shape index (κ1) is 18.0. The number of hydrogen-bond acceptors (Lipinski definition) is 3. The first-order valence-electron chi connectivity index (χ1n) is 7.52. The van der Waals surface area contributed by atoms with Gasteiger partial charge >= 0.3 is 5.97 Å². The molecule has 1 aromatic rings. The number of aliphatic carboxylic acids is 1. The van der Waals surface area contributed by atoms with Crippen molar-refractivity contribution in [3.63, 3.8) is 0 Å². The molecule has 0 aromatic heterocycles. The Kier molecular flexibility index (Phi) is 6.89. The van der Waals surface area contributed by atoms with E-state index in [2.05, 4.69) is 5.32 Å². The molecular formula is C17H25NO4. The van der Waals surface area contributed by atoms with Crippen molar-refractivity contribution in [1.29, 1.82) is 0 Å². The Bertz CT molecular complexity index is 485. The van der Waals surface area contributed by atoms with Crippen molar-refractivity contribution >= 4 is 11.9 Å². The van der Waals surface area contributed by atoms with Gasteiger partial charge in [0.1, 0.15) is 5.75 Å². The minimum Gasteiger partial charge on any atom is -0.494 e. The molecule has 1 rings (SSSR count). The molecule has 0 radical (unpaired) electrons. The van der Waals surface area contributed by atoms with Crippen LogP contribution in [0.4, 0.5) is 0 Å². The largest absolute Gasteiger partial charge is 0.494 e. The molecule has 1 unspecified atom stereocenters. The van der Waals surface area contributed by atoms with Crippen molar-refractivity contribution in [3.05, 3.63) is 30.3 Å². The maximum absolute atomic E-state index is 12.1. The predicted octanol–water partition coefficient (Wildman–Crippen LogP) is 2.85. The summed E-state index contributed by atoms with van der Waals surface area (Å²) in [7, 11) is 0. The number of para-hydroxylation sites is 1. The second-order valence-corrected chi connectivity index (χ2v) is 6.12. The smallest absolute Gasteiger partial charge is 0.303 e. The molecule has 0 bridgehead atoms. The maximum Gasteiger partial charge on any atom is 0.303 e. The van der Waals surface area contributed by atoms with Gasteiger partial charge in [-0.25, -0.2) is 0 Å². The Balaban J connectivity index is 2.33. The molecule has 0 aliphatic carbocycles. The molecule has 0 aliphatic rings. The van der Waals surface area contributed by atoms with Crippen molar-refractivity contribution in [1.82, 2.24) is 5.32 Å². The summed E-state index contributed by atoms with van der Waals surface area (Å²) in [5, 5.41) is 11.6. The first-order chi connectivity index (χ1) is 10.3. The summed E-state index contributed by atoms with van der Waals surface area (Å²) in [5.41, 5.74) is -0.524. The highest BCUT2D eigenvalue weighted by Gasteiger charge is 2.24. The Morgan fingerprint density at radius 2 is 1.91 bits per heavy atom. The average Bonchev–Trinajstić information content (AvgIpc) is 2.46. The highest BCUT2D eigenvalue weighted by Crippen LogP contribution is 2.14. The van der Waals surface area contributed by atoms with Crippen LogP contribution in [0.25, 0.3) is 0 Å². The average molecular weight is 307 g/mol. The van der Waals surface area contributed by atoms with Crippen molar-refractivity contribution in [2.24, 2.45) is 5.92 Å². The summed E-state index contributed by atoms with van der Waals surface area (Å²) in [6.45, 7) is 5.98. The molecule has 5 nitrogen and oxygen atoms in total. The van der Waals surface area contributed by atoms with Crippen LogP contribution in [0.15, 0.2) is 30.3 Å². The van der Waals surface area contributed by atoms with Crippen molar-refractivity contribution in [2.45, 2.75) is 45.6 Å². The minimum atomic E-state index is -0.855. The molecule has 2 N–H and O–H groups in total.